The molecule has 3 rings (SSSR count). The fraction of sp³-hybridized carbons (Fsp3) is 0.846. The lowest BCUT2D eigenvalue weighted by Gasteiger charge is -2.25. The Morgan fingerprint density at radius 1 is 1.16 bits per heavy atom. The molecule has 1 aromatic rings. The molecule has 0 saturated heterocycles. The van der Waals surface area contributed by atoms with Crippen LogP contribution in [0.4, 0.5) is 8.78 Å². The summed E-state index contributed by atoms with van der Waals surface area (Å²) in [7, 11) is 0. The monoisotopic (exact) mass is 271 g/mol. The molecule has 0 spiro atoms. The SMILES string of the molecule is FC1(F)CCC(c2nnc(CCNC3CC3)o2)CC1. The van der Waals surface area contributed by atoms with E-state index in [-0.39, 0.29) is 18.8 Å². The van der Waals surface area contributed by atoms with Crippen LogP contribution in [0.5, 0.6) is 0 Å². The second-order valence-corrected chi connectivity index (χ2v) is 5.64. The third-order valence-electron chi connectivity index (χ3n) is 3.90. The Labute approximate surface area is 111 Å². The van der Waals surface area contributed by atoms with Crippen LogP contribution in [-0.4, -0.2) is 28.7 Å². The maximum absolute atomic E-state index is 13.1. The zero-order valence-electron chi connectivity index (χ0n) is 10.9. The average Bonchev–Trinajstić information content (AvgIpc) is 3.07. The summed E-state index contributed by atoms with van der Waals surface area (Å²) in [5, 5.41) is 11.4. The van der Waals surface area contributed by atoms with Crippen LogP contribution < -0.4 is 5.32 Å². The molecule has 4 nitrogen and oxygen atoms in total. The second kappa shape index (κ2) is 5.15. The summed E-state index contributed by atoms with van der Waals surface area (Å²) < 4.78 is 31.7. The summed E-state index contributed by atoms with van der Waals surface area (Å²) in [6, 6.07) is 0.669. The highest BCUT2D eigenvalue weighted by Crippen LogP contribution is 2.40. The van der Waals surface area contributed by atoms with Crippen molar-refractivity contribution in [2.45, 2.75) is 62.8 Å². The molecule has 2 fully saturated rings. The van der Waals surface area contributed by atoms with Gasteiger partial charge in [-0.2, -0.15) is 0 Å². The molecule has 0 bridgehead atoms. The van der Waals surface area contributed by atoms with Crippen LogP contribution in [0.3, 0.4) is 0 Å². The molecule has 0 unspecified atom stereocenters. The normalized spacial score (nSPS) is 23.7. The standard InChI is InChI=1S/C13H19F2N3O/c14-13(15)6-3-9(4-7-13)12-18-17-11(19-12)5-8-16-10-1-2-10/h9-10,16H,1-8H2. The highest BCUT2D eigenvalue weighted by atomic mass is 19.3. The van der Waals surface area contributed by atoms with Crippen LogP contribution in [0.2, 0.25) is 0 Å². The van der Waals surface area contributed by atoms with Gasteiger partial charge in [0, 0.05) is 37.8 Å². The van der Waals surface area contributed by atoms with Crippen molar-refractivity contribution < 1.29 is 13.2 Å². The maximum Gasteiger partial charge on any atom is 0.248 e. The van der Waals surface area contributed by atoms with Crippen molar-refractivity contribution in [3.8, 4) is 0 Å². The van der Waals surface area contributed by atoms with E-state index in [0.29, 0.717) is 37.1 Å². The van der Waals surface area contributed by atoms with Crippen molar-refractivity contribution in [3.63, 3.8) is 0 Å². The molecule has 0 aliphatic heterocycles. The highest BCUT2D eigenvalue weighted by Gasteiger charge is 2.37. The number of alkyl halides is 2. The second-order valence-electron chi connectivity index (χ2n) is 5.64. The van der Waals surface area contributed by atoms with Crippen LogP contribution in [-0.2, 0) is 6.42 Å². The van der Waals surface area contributed by atoms with Crippen molar-refractivity contribution in [3.05, 3.63) is 11.8 Å². The lowest BCUT2D eigenvalue weighted by molar-refractivity contribution is -0.0399. The van der Waals surface area contributed by atoms with Crippen molar-refractivity contribution in [2.75, 3.05) is 6.54 Å². The third kappa shape index (κ3) is 3.49. The molecule has 2 aliphatic rings. The van der Waals surface area contributed by atoms with Crippen LogP contribution in [0.1, 0.15) is 56.2 Å². The van der Waals surface area contributed by atoms with Crippen LogP contribution in [0, 0.1) is 0 Å². The Morgan fingerprint density at radius 2 is 1.89 bits per heavy atom. The van der Waals surface area contributed by atoms with Gasteiger partial charge in [-0.15, -0.1) is 10.2 Å². The van der Waals surface area contributed by atoms with Gasteiger partial charge >= 0.3 is 0 Å². The van der Waals surface area contributed by atoms with Crippen molar-refractivity contribution in [2.24, 2.45) is 0 Å². The molecule has 0 aromatic carbocycles. The first-order valence-corrected chi connectivity index (χ1v) is 7.06. The number of hydrogen-bond acceptors (Lipinski definition) is 4. The minimum absolute atomic E-state index is 0.0114. The number of hydrogen-bond donors (Lipinski definition) is 1. The number of aromatic nitrogens is 2. The summed E-state index contributed by atoms with van der Waals surface area (Å²) in [5.41, 5.74) is 0. The Kier molecular flexibility index (Phi) is 3.52. The van der Waals surface area contributed by atoms with E-state index in [9.17, 15) is 8.78 Å². The molecular weight excluding hydrogens is 252 g/mol. The van der Waals surface area contributed by atoms with Crippen molar-refractivity contribution in [1.29, 1.82) is 0 Å². The molecule has 19 heavy (non-hydrogen) atoms. The summed E-state index contributed by atoms with van der Waals surface area (Å²) in [5.74, 6) is -1.34. The molecule has 0 atom stereocenters. The number of nitrogens with zero attached hydrogens (tertiary/aromatic N) is 2. The van der Waals surface area contributed by atoms with Gasteiger partial charge in [0.05, 0.1) is 0 Å². The first-order valence-electron chi connectivity index (χ1n) is 7.06. The molecule has 1 heterocycles. The van der Waals surface area contributed by atoms with Gasteiger partial charge in [-0.3, -0.25) is 0 Å². The zero-order chi connectivity index (χ0) is 13.3. The minimum atomic E-state index is -2.51. The lowest BCUT2D eigenvalue weighted by Crippen LogP contribution is -2.23. The van der Waals surface area contributed by atoms with Crippen molar-refractivity contribution in [1.82, 2.24) is 15.5 Å². The van der Waals surface area contributed by atoms with E-state index in [1.807, 2.05) is 0 Å². The fourth-order valence-corrected chi connectivity index (χ4v) is 2.49. The first kappa shape index (κ1) is 13.0. The topological polar surface area (TPSA) is 51.0 Å². The molecule has 2 saturated carbocycles. The largest absolute Gasteiger partial charge is 0.425 e. The molecule has 2 aliphatic carbocycles. The predicted octanol–water partition coefficient (Wildman–Crippen LogP) is 2.66. The average molecular weight is 271 g/mol. The smallest absolute Gasteiger partial charge is 0.248 e. The van der Waals surface area contributed by atoms with E-state index < -0.39 is 5.92 Å². The number of nitrogens with one attached hydrogen (secondary N) is 1. The van der Waals surface area contributed by atoms with E-state index in [0.717, 1.165) is 6.54 Å². The van der Waals surface area contributed by atoms with Gasteiger partial charge in [-0.05, 0) is 25.7 Å². The van der Waals surface area contributed by atoms with Gasteiger partial charge in [0.1, 0.15) is 0 Å². The Hall–Kier alpha value is -1.04. The number of halogens is 2. The predicted molar refractivity (Wildman–Crippen MR) is 65.2 cm³/mol. The van der Waals surface area contributed by atoms with Gasteiger partial charge in [0.15, 0.2) is 0 Å². The summed E-state index contributed by atoms with van der Waals surface area (Å²) in [4.78, 5) is 0. The quantitative estimate of drug-likeness (QED) is 0.894. The van der Waals surface area contributed by atoms with E-state index >= 15 is 0 Å². The third-order valence-corrected chi connectivity index (χ3v) is 3.90. The molecule has 1 aromatic heterocycles. The summed E-state index contributed by atoms with van der Waals surface area (Å²) in [6.45, 7) is 0.842. The first-order chi connectivity index (χ1) is 9.12. The van der Waals surface area contributed by atoms with E-state index in [2.05, 4.69) is 15.5 Å². The minimum Gasteiger partial charge on any atom is -0.425 e. The fourth-order valence-electron chi connectivity index (χ4n) is 2.49. The van der Waals surface area contributed by atoms with E-state index in [4.69, 9.17) is 4.42 Å². The highest BCUT2D eigenvalue weighted by molar-refractivity contribution is 4.96. The van der Waals surface area contributed by atoms with E-state index in [1.165, 1.54) is 12.8 Å². The maximum atomic E-state index is 13.1. The van der Waals surface area contributed by atoms with Gasteiger partial charge in [0.2, 0.25) is 17.7 Å². The molecule has 0 radical (unpaired) electrons. The Balaban J connectivity index is 1.49. The summed E-state index contributed by atoms with van der Waals surface area (Å²) >= 11 is 0. The van der Waals surface area contributed by atoms with Crippen LogP contribution in [0.15, 0.2) is 4.42 Å². The zero-order valence-corrected chi connectivity index (χ0v) is 10.9. The molecular formula is C13H19F2N3O. The molecule has 6 heteroatoms. The van der Waals surface area contributed by atoms with Crippen molar-refractivity contribution >= 4 is 0 Å². The van der Waals surface area contributed by atoms with Gasteiger partial charge in [-0.25, -0.2) is 8.78 Å². The van der Waals surface area contributed by atoms with Crippen LogP contribution >= 0.6 is 0 Å². The summed E-state index contributed by atoms with van der Waals surface area (Å²) in [6.07, 6.45) is 3.96. The number of rotatable bonds is 5. The van der Waals surface area contributed by atoms with Crippen LogP contribution in [0.25, 0.3) is 0 Å². The van der Waals surface area contributed by atoms with Gasteiger partial charge in [0.25, 0.3) is 0 Å². The van der Waals surface area contributed by atoms with Gasteiger partial charge in [-0.1, -0.05) is 0 Å². The Bertz CT molecular complexity index is 421. The van der Waals surface area contributed by atoms with E-state index in [1.54, 1.807) is 0 Å². The lowest BCUT2D eigenvalue weighted by atomic mass is 9.87. The molecule has 106 valence electrons. The molecule has 1 N–H and O–H groups in total. The molecule has 0 amide bonds. The Morgan fingerprint density at radius 3 is 2.58 bits per heavy atom. The van der Waals surface area contributed by atoms with Gasteiger partial charge < -0.3 is 9.73 Å².